The van der Waals surface area contributed by atoms with Crippen LogP contribution < -0.4 is 14.2 Å². The van der Waals surface area contributed by atoms with Gasteiger partial charge in [0.1, 0.15) is 41.7 Å². The second-order valence-electron chi connectivity index (χ2n) is 9.81. The van der Waals surface area contributed by atoms with Gasteiger partial charge in [0, 0.05) is 6.07 Å². The van der Waals surface area contributed by atoms with E-state index in [2.05, 4.69) is 0 Å². The van der Waals surface area contributed by atoms with Crippen LogP contribution in [0.3, 0.4) is 0 Å². The van der Waals surface area contributed by atoms with E-state index in [-0.39, 0.29) is 19.0 Å². The summed E-state index contributed by atoms with van der Waals surface area (Å²) in [5, 5.41) is 0.747. The summed E-state index contributed by atoms with van der Waals surface area (Å²) in [6.45, 7) is 9.99. The van der Waals surface area contributed by atoms with Crippen LogP contribution in [0, 0.1) is 5.82 Å². The van der Waals surface area contributed by atoms with Crippen LogP contribution in [0.25, 0.3) is 0 Å². The van der Waals surface area contributed by atoms with Gasteiger partial charge in [0.25, 0.3) is 0 Å². The minimum Gasteiger partial charge on any atom is -0.486 e. The Morgan fingerprint density at radius 3 is 2.20 bits per heavy atom. The van der Waals surface area contributed by atoms with E-state index in [4.69, 9.17) is 28.5 Å². The molecule has 1 atom stereocenters. The van der Waals surface area contributed by atoms with E-state index < -0.39 is 29.6 Å². The standard InChI is InChI=1S/C25H30FNO8/c1-24(2,3)33-22(28)27(35-23(29)34-25(4,5)6)14-19-15-30-20-12-11-18(13-21(20)32-19)31-17-9-7-16(26)8-10-17/h7-13,19H,14-15H2,1-6H3/t19-/m1/s1. The zero-order valence-corrected chi connectivity index (χ0v) is 20.6. The highest BCUT2D eigenvalue weighted by Crippen LogP contribution is 2.36. The Bertz CT molecular complexity index is 1040. The van der Waals surface area contributed by atoms with Gasteiger partial charge in [-0.2, -0.15) is 0 Å². The number of hydroxylamine groups is 2. The zero-order valence-electron chi connectivity index (χ0n) is 20.6. The highest BCUT2D eigenvalue weighted by Gasteiger charge is 2.33. The number of nitrogens with zero attached hydrogens (tertiary/aromatic N) is 1. The first-order valence-corrected chi connectivity index (χ1v) is 11.1. The molecule has 10 heteroatoms. The average Bonchev–Trinajstić information content (AvgIpc) is 2.72. The van der Waals surface area contributed by atoms with Gasteiger partial charge in [0.2, 0.25) is 0 Å². The first kappa shape index (κ1) is 25.9. The highest BCUT2D eigenvalue weighted by molar-refractivity contribution is 5.70. The summed E-state index contributed by atoms with van der Waals surface area (Å²) >= 11 is 0. The zero-order chi connectivity index (χ0) is 25.8. The van der Waals surface area contributed by atoms with Crippen LogP contribution in [0.1, 0.15) is 41.5 Å². The van der Waals surface area contributed by atoms with E-state index in [1.54, 1.807) is 59.7 Å². The molecule has 1 aliphatic heterocycles. The largest absolute Gasteiger partial charge is 0.534 e. The van der Waals surface area contributed by atoms with Crippen LogP contribution in [0.15, 0.2) is 42.5 Å². The fourth-order valence-corrected chi connectivity index (χ4v) is 2.89. The van der Waals surface area contributed by atoms with Crippen molar-refractivity contribution in [2.45, 2.75) is 58.8 Å². The first-order chi connectivity index (χ1) is 16.3. The van der Waals surface area contributed by atoms with Crippen LogP contribution in [0.5, 0.6) is 23.0 Å². The van der Waals surface area contributed by atoms with E-state index in [9.17, 15) is 14.0 Å². The fraction of sp³-hybridized carbons (Fsp3) is 0.440. The molecule has 0 fully saturated rings. The SMILES string of the molecule is CC(C)(C)OC(=O)ON(C[C@@H]1COc2ccc(Oc3ccc(F)cc3)cc2O1)C(=O)OC(C)(C)C. The third-order valence-corrected chi connectivity index (χ3v) is 4.22. The van der Waals surface area contributed by atoms with Crippen molar-refractivity contribution in [2.24, 2.45) is 0 Å². The van der Waals surface area contributed by atoms with Crippen molar-refractivity contribution in [3.8, 4) is 23.0 Å². The molecule has 1 aliphatic rings. The molecule has 35 heavy (non-hydrogen) atoms. The summed E-state index contributed by atoms with van der Waals surface area (Å²) in [4.78, 5) is 30.0. The fourth-order valence-electron chi connectivity index (χ4n) is 2.89. The van der Waals surface area contributed by atoms with E-state index in [0.29, 0.717) is 23.0 Å². The molecule has 0 N–H and O–H groups in total. The van der Waals surface area contributed by atoms with Gasteiger partial charge in [-0.3, -0.25) is 0 Å². The lowest BCUT2D eigenvalue weighted by molar-refractivity contribution is -0.147. The summed E-state index contributed by atoms with van der Waals surface area (Å²) in [6, 6.07) is 10.6. The van der Waals surface area contributed by atoms with Crippen molar-refractivity contribution in [1.82, 2.24) is 5.06 Å². The summed E-state index contributed by atoms with van der Waals surface area (Å²) in [5.74, 6) is 1.35. The monoisotopic (exact) mass is 491 g/mol. The van der Waals surface area contributed by atoms with Crippen molar-refractivity contribution < 1.29 is 42.5 Å². The van der Waals surface area contributed by atoms with Crippen molar-refractivity contribution in [3.63, 3.8) is 0 Å². The number of halogens is 1. The molecule has 2 aromatic carbocycles. The maximum Gasteiger partial charge on any atom is 0.534 e. The van der Waals surface area contributed by atoms with Gasteiger partial charge in [-0.15, -0.1) is 5.06 Å². The lowest BCUT2D eigenvalue weighted by atomic mass is 10.2. The lowest BCUT2D eigenvalue weighted by Crippen LogP contribution is -2.46. The second-order valence-corrected chi connectivity index (χ2v) is 9.81. The van der Waals surface area contributed by atoms with Gasteiger partial charge in [-0.05, 0) is 77.9 Å². The Balaban J connectivity index is 1.71. The Morgan fingerprint density at radius 1 is 0.943 bits per heavy atom. The van der Waals surface area contributed by atoms with Crippen LogP contribution in [-0.2, 0) is 14.3 Å². The van der Waals surface area contributed by atoms with Crippen molar-refractivity contribution in [2.75, 3.05) is 13.2 Å². The van der Waals surface area contributed by atoms with Crippen LogP contribution >= 0.6 is 0 Å². The number of hydrogen-bond donors (Lipinski definition) is 0. The topological polar surface area (TPSA) is 92.8 Å². The number of carbonyl (C=O) groups excluding carboxylic acids is 2. The summed E-state index contributed by atoms with van der Waals surface area (Å²) < 4.78 is 41.1. The maximum absolute atomic E-state index is 13.1. The minimum atomic E-state index is -1.06. The Morgan fingerprint density at radius 2 is 1.57 bits per heavy atom. The van der Waals surface area contributed by atoms with Crippen molar-refractivity contribution in [1.29, 1.82) is 0 Å². The molecule has 0 unspecified atom stereocenters. The van der Waals surface area contributed by atoms with Crippen LogP contribution in [-0.4, -0.2) is 47.8 Å². The molecule has 1 heterocycles. The molecule has 1 amide bonds. The number of amides is 1. The van der Waals surface area contributed by atoms with Crippen molar-refractivity contribution in [3.05, 3.63) is 48.3 Å². The number of carbonyl (C=O) groups is 2. The number of fused-ring (bicyclic) bond motifs is 1. The average molecular weight is 492 g/mol. The van der Waals surface area contributed by atoms with Gasteiger partial charge < -0.3 is 28.5 Å². The molecule has 3 rings (SSSR count). The summed E-state index contributed by atoms with van der Waals surface area (Å²) in [5.41, 5.74) is -1.64. The summed E-state index contributed by atoms with van der Waals surface area (Å²) in [7, 11) is 0. The van der Waals surface area contributed by atoms with Gasteiger partial charge in [-0.25, -0.2) is 14.0 Å². The van der Waals surface area contributed by atoms with Gasteiger partial charge in [0.05, 0.1) is 0 Å². The third-order valence-electron chi connectivity index (χ3n) is 4.22. The highest BCUT2D eigenvalue weighted by atomic mass is 19.1. The van der Waals surface area contributed by atoms with Gasteiger partial charge in [-0.1, -0.05) is 0 Å². The lowest BCUT2D eigenvalue weighted by Gasteiger charge is -2.31. The predicted molar refractivity (Wildman–Crippen MR) is 123 cm³/mol. The molecule has 0 spiro atoms. The van der Waals surface area contributed by atoms with Crippen LogP contribution in [0.4, 0.5) is 14.0 Å². The molecule has 190 valence electrons. The number of hydrogen-bond acceptors (Lipinski definition) is 8. The van der Waals surface area contributed by atoms with E-state index >= 15 is 0 Å². The molecule has 9 nitrogen and oxygen atoms in total. The Hall–Kier alpha value is -3.69. The summed E-state index contributed by atoms with van der Waals surface area (Å²) in [6.07, 6.45) is -2.64. The molecular formula is C25H30FNO8. The molecule has 0 radical (unpaired) electrons. The third kappa shape index (κ3) is 8.24. The molecule has 2 aromatic rings. The molecular weight excluding hydrogens is 461 g/mol. The minimum absolute atomic E-state index is 0.0855. The molecule has 0 saturated heterocycles. The predicted octanol–water partition coefficient (Wildman–Crippen LogP) is 5.86. The first-order valence-electron chi connectivity index (χ1n) is 11.1. The Kier molecular flexibility index (Phi) is 7.62. The maximum atomic E-state index is 13.1. The molecule has 0 aromatic heterocycles. The number of benzene rings is 2. The van der Waals surface area contributed by atoms with Gasteiger partial charge >= 0.3 is 12.2 Å². The normalized spacial score (nSPS) is 15.1. The molecule has 0 aliphatic carbocycles. The van der Waals surface area contributed by atoms with E-state index in [1.807, 2.05) is 0 Å². The Labute approximate surface area is 203 Å². The molecule has 0 bridgehead atoms. The smallest absolute Gasteiger partial charge is 0.486 e. The van der Waals surface area contributed by atoms with Crippen LogP contribution in [0.2, 0.25) is 0 Å². The van der Waals surface area contributed by atoms with Crippen molar-refractivity contribution >= 4 is 12.2 Å². The molecule has 0 saturated carbocycles. The number of ether oxygens (including phenoxy) is 5. The van der Waals surface area contributed by atoms with E-state index in [0.717, 1.165) is 5.06 Å². The quantitative estimate of drug-likeness (QED) is 0.388. The second kappa shape index (κ2) is 10.3. The van der Waals surface area contributed by atoms with Gasteiger partial charge in [0.15, 0.2) is 17.6 Å². The number of rotatable bonds is 4. The van der Waals surface area contributed by atoms with E-state index in [1.165, 1.54) is 24.3 Å².